The summed E-state index contributed by atoms with van der Waals surface area (Å²) >= 11 is 0. The summed E-state index contributed by atoms with van der Waals surface area (Å²) in [7, 11) is 0. The number of fused-ring (bicyclic) bond motifs is 2. The fraction of sp³-hybridized carbons (Fsp3) is 0.261. The summed E-state index contributed by atoms with van der Waals surface area (Å²) in [5, 5.41) is 15.5. The Morgan fingerprint density at radius 2 is 0.938 bits per heavy atom. The van der Waals surface area contributed by atoms with Gasteiger partial charge < -0.3 is 31.9 Å². The van der Waals surface area contributed by atoms with Gasteiger partial charge >= 0.3 is 0 Å². The first-order valence-electron chi connectivity index (χ1n) is 21.0. The minimum absolute atomic E-state index is 0.104. The SMILES string of the molecule is C[C@@H]1C[C@H](N)CN(c2ccncc2Nc2ncc3ccc(-c4c(F)cccc4F)nn23)C1.C[C@H]1C[C@H](N)CN(c2ccncc2Nc2ncc3ccc(-c4c(F)cccc4F)nn23)C1. The van der Waals surface area contributed by atoms with Crippen molar-refractivity contribution in [3.63, 3.8) is 0 Å². The monoisotopic (exact) mass is 870 g/mol. The normalized spacial score (nSPS) is 18.8. The number of hydrogen-bond donors (Lipinski definition) is 4. The van der Waals surface area contributed by atoms with Gasteiger partial charge in [0.25, 0.3) is 0 Å². The highest BCUT2D eigenvalue weighted by molar-refractivity contribution is 5.75. The molecule has 8 aromatic rings. The number of anilines is 6. The predicted molar refractivity (Wildman–Crippen MR) is 240 cm³/mol. The standard InChI is InChI=1S/2C23H23F2N7/c2*1-14-9-15(26)13-31(12-14)21-7-8-27-11-20(21)29-23-28-10-16-5-6-19(30-32(16)23)22-17(24)3-2-4-18(22)25/h2*2-8,10-11,14-15H,9,12-13,26H2,1H3,(H,28,29)/t14-,15+;14-,15-/m10/s1. The van der Waals surface area contributed by atoms with Crippen LogP contribution in [0.2, 0.25) is 0 Å². The topological polar surface area (TPSA) is 169 Å². The maximum atomic E-state index is 14.3. The van der Waals surface area contributed by atoms with E-state index in [1.54, 1.807) is 61.4 Å². The van der Waals surface area contributed by atoms with Crippen LogP contribution >= 0.6 is 0 Å². The molecule has 0 bridgehead atoms. The van der Waals surface area contributed by atoms with Gasteiger partial charge in [0.05, 0.1) is 81.1 Å². The smallest absolute Gasteiger partial charge is 0.229 e. The fourth-order valence-electron chi connectivity index (χ4n) is 8.64. The Kier molecular flexibility index (Phi) is 11.8. The molecule has 0 radical (unpaired) electrons. The van der Waals surface area contributed by atoms with Crippen LogP contribution in [-0.2, 0) is 0 Å². The van der Waals surface area contributed by atoms with Crippen molar-refractivity contribution in [3.05, 3.63) is 133 Å². The van der Waals surface area contributed by atoms with Gasteiger partial charge in [-0.25, -0.2) is 27.5 Å². The molecule has 10 rings (SSSR count). The van der Waals surface area contributed by atoms with Gasteiger partial charge in [0, 0.05) is 50.7 Å². The number of halogens is 4. The molecule has 6 aromatic heterocycles. The van der Waals surface area contributed by atoms with Crippen molar-refractivity contribution in [1.29, 1.82) is 0 Å². The third-order valence-corrected chi connectivity index (χ3v) is 11.4. The van der Waals surface area contributed by atoms with Gasteiger partial charge in [-0.15, -0.1) is 0 Å². The minimum Gasteiger partial charge on any atom is -0.368 e. The Bertz CT molecular complexity index is 2680. The zero-order valence-electron chi connectivity index (χ0n) is 35.1. The van der Waals surface area contributed by atoms with Gasteiger partial charge in [0.15, 0.2) is 0 Å². The molecule has 328 valence electrons. The third kappa shape index (κ3) is 8.74. The molecule has 2 fully saturated rings. The molecule has 0 saturated carbocycles. The van der Waals surface area contributed by atoms with E-state index in [0.717, 1.165) is 61.8 Å². The van der Waals surface area contributed by atoms with Crippen molar-refractivity contribution in [2.24, 2.45) is 23.3 Å². The molecule has 0 unspecified atom stereocenters. The van der Waals surface area contributed by atoms with Gasteiger partial charge in [-0.2, -0.15) is 19.2 Å². The quantitative estimate of drug-likeness (QED) is 0.109. The first kappa shape index (κ1) is 42.1. The van der Waals surface area contributed by atoms with Crippen molar-refractivity contribution in [3.8, 4) is 22.5 Å². The Labute approximate surface area is 366 Å². The summed E-state index contributed by atoms with van der Waals surface area (Å²) in [6.07, 6.45) is 12.2. The van der Waals surface area contributed by atoms with E-state index in [2.05, 4.69) is 64.4 Å². The number of aromatic nitrogens is 8. The Morgan fingerprint density at radius 1 is 0.531 bits per heavy atom. The van der Waals surface area contributed by atoms with E-state index in [1.165, 1.54) is 45.4 Å². The minimum atomic E-state index is -0.670. The summed E-state index contributed by atoms with van der Waals surface area (Å²) < 4.78 is 60.2. The number of imidazole rings is 2. The number of rotatable bonds is 8. The molecule has 0 spiro atoms. The molecular weight excluding hydrogens is 825 g/mol. The molecule has 14 nitrogen and oxygen atoms in total. The maximum absolute atomic E-state index is 14.3. The van der Waals surface area contributed by atoms with Crippen molar-refractivity contribution in [2.75, 3.05) is 46.6 Å². The summed E-state index contributed by atoms with van der Waals surface area (Å²) in [6.45, 7) is 7.67. The van der Waals surface area contributed by atoms with Gasteiger partial charge in [-0.05, 0) is 85.3 Å². The molecule has 2 aliphatic heterocycles. The molecule has 2 aliphatic rings. The first-order chi connectivity index (χ1) is 31.0. The summed E-state index contributed by atoms with van der Waals surface area (Å²) in [6, 6.07) is 18.2. The van der Waals surface area contributed by atoms with Crippen LogP contribution in [0.3, 0.4) is 0 Å². The highest BCUT2D eigenvalue weighted by Gasteiger charge is 2.26. The predicted octanol–water partition coefficient (Wildman–Crippen LogP) is 7.97. The van der Waals surface area contributed by atoms with Crippen molar-refractivity contribution in [2.45, 2.75) is 38.8 Å². The average Bonchev–Trinajstić information content (AvgIpc) is 3.86. The second kappa shape index (κ2) is 17.9. The maximum Gasteiger partial charge on any atom is 0.229 e. The molecule has 4 atom stereocenters. The van der Waals surface area contributed by atoms with Gasteiger partial charge in [-0.3, -0.25) is 9.97 Å². The molecule has 0 aliphatic carbocycles. The molecule has 2 aromatic carbocycles. The van der Waals surface area contributed by atoms with E-state index in [9.17, 15) is 17.6 Å². The number of hydrogen-bond acceptors (Lipinski definition) is 12. The lowest BCUT2D eigenvalue weighted by atomic mass is 9.96. The molecule has 8 heterocycles. The molecule has 2 saturated heterocycles. The summed E-state index contributed by atoms with van der Waals surface area (Å²) in [5.41, 5.74) is 17.3. The third-order valence-electron chi connectivity index (χ3n) is 11.4. The molecule has 18 heteroatoms. The fourth-order valence-corrected chi connectivity index (χ4v) is 8.64. The molecule has 6 N–H and O–H groups in total. The van der Waals surface area contributed by atoms with Crippen molar-refractivity contribution in [1.82, 2.24) is 39.2 Å². The number of nitrogens with one attached hydrogen (secondary N) is 2. The zero-order chi connectivity index (χ0) is 44.5. The van der Waals surface area contributed by atoms with E-state index < -0.39 is 23.3 Å². The van der Waals surface area contributed by atoms with Crippen molar-refractivity contribution < 1.29 is 17.6 Å². The number of piperidine rings is 2. The Morgan fingerprint density at radius 3 is 1.33 bits per heavy atom. The molecule has 0 amide bonds. The first-order valence-corrected chi connectivity index (χ1v) is 21.0. The summed E-state index contributed by atoms with van der Waals surface area (Å²) in [4.78, 5) is 21.8. The lowest BCUT2D eigenvalue weighted by Crippen LogP contribution is -2.46. The van der Waals surface area contributed by atoms with E-state index >= 15 is 0 Å². The lowest BCUT2D eigenvalue weighted by molar-refractivity contribution is 0.402. The Balaban J connectivity index is 0.000000162. The second-order valence-electron chi connectivity index (χ2n) is 16.5. The van der Waals surface area contributed by atoms with Crippen LogP contribution in [-0.4, -0.2) is 77.4 Å². The van der Waals surface area contributed by atoms with Crippen molar-refractivity contribution >= 4 is 45.7 Å². The second-order valence-corrected chi connectivity index (χ2v) is 16.5. The van der Waals surface area contributed by atoms with Gasteiger partial charge in [0.2, 0.25) is 11.9 Å². The molecular formula is C46H46F4N14. The number of nitrogens with two attached hydrogens (primary N) is 2. The number of pyridine rings is 2. The van der Waals surface area contributed by atoms with Crippen LogP contribution in [0.5, 0.6) is 0 Å². The van der Waals surface area contributed by atoms with Gasteiger partial charge in [0.1, 0.15) is 23.3 Å². The highest BCUT2D eigenvalue weighted by atomic mass is 19.1. The Hall–Kier alpha value is -7.18. The number of benzene rings is 2. The van der Waals surface area contributed by atoms with Crippen LogP contribution in [0, 0.1) is 35.1 Å². The average molecular weight is 871 g/mol. The van der Waals surface area contributed by atoms with Crippen LogP contribution in [0.15, 0.2) is 110 Å². The number of nitrogens with zero attached hydrogens (tertiary/aromatic N) is 10. The van der Waals surface area contributed by atoms with Crippen LogP contribution < -0.4 is 31.9 Å². The van der Waals surface area contributed by atoms with E-state index in [0.29, 0.717) is 34.8 Å². The van der Waals surface area contributed by atoms with E-state index in [-0.39, 0.29) is 34.6 Å². The zero-order valence-corrected chi connectivity index (χ0v) is 35.1. The van der Waals surface area contributed by atoms with E-state index in [1.807, 2.05) is 12.1 Å². The summed E-state index contributed by atoms with van der Waals surface area (Å²) in [5.74, 6) is -0.885. The highest BCUT2D eigenvalue weighted by Crippen LogP contribution is 2.34. The molecule has 64 heavy (non-hydrogen) atoms. The largest absolute Gasteiger partial charge is 0.368 e. The van der Waals surface area contributed by atoms with E-state index in [4.69, 9.17) is 11.5 Å². The van der Waals surface area contributed by atoms with Crippen LogP contribution in [0.4, 0.5) is 52.2 Å². The van der Waals surface area contributed by atoms with Crippen LogP contribution in [0.25, 0.3) is 33.5 Å². The lowest BCUT2D eigenvalue weighted by Gasteiger charge is -2.37. The van der Waals surface area contributed by atoms with Crippen LogP contribution in [0.1, 0.15) is 26.7 Å². The van der Waals surface area contributed by atoms with Gasteiger partial charge in [-0.1, -0.05) is 26.0 Å².